The monoisotopic (exact) mass is 386 g/mol. The topological polar surface area (TPSA) is 44.1 Å². The highest BCUT2D eigenvalue weighted by atomic mass is 32.2. The van der Waals surface area contributed by atoms with Gasteiger partial charge in [-0.2, -0.15) is 0 Å². The van der Waals surface area contributed by atoms with E-state index >= 15 is 0 Å². The molecule has 0 fully saturated rings. The van der Waals surface area contributed by atoms with Gasteiger partial charge in [-0.3, -0.25) is 9.36 Å². The minimum Gasteiger partial charge on any atom is -0.379 e. The van der Waals surface area contributed by atoms with E-state index < -0.39 is 0 Å². The fourth-order valence-corrected chi connectivity index (χ4v) is 3.71. The van der Waals surface area contributed by atoms with E-state index in [4.69, 9.17) is 9.72 Å². The SMILES string of the molecule is CC(C)OCCCn1c(SCc2ccc(F)cc2)nc2ccccc2c1=O. The van der Waals surface area contributed by atoms with Crippen LogP contribution in [0.5, 0.6) is 0 Å². The molecule has 1 heterocycles. The number of hydrogen-bond donors (Lipinski definition) is 0. The van der Waals surface area contributed by atoms with Crippen LogP contribution in [0.15, 0.2) is 58.5 Å². The molecule has 0 bridgehead atoms. The van der Waals surface area contributed by atoms with Crippen LogP contribution in [-0.2, 0) is 17.0 Å². The quantitative estimate of drug-likeness (QED) is 0.321. The van der Waals surface area contributed by atoms with Crippen LogP contribution in [0.25, 0.3) is 10.9 Å². The summed E-state index contributed by atoms with van der Waals surface area (Å²) in [5.74, 6) is 0.364. The first-order valence-electron chi connectivity index (χ1n) is 9.03. The first-order chi connectivity index (χ1) is 13.0. The Bertz CT molecular complexity index is 955. The molecule has 0 spiro atoms. The molecular formula is C21H23FN2O2S. The van der Waals surface area contributed by atoms with E-state index in [-0.39, 0.29) is 17.5 Å². The summed E-state index contributed by atoms with van der Waals surface area (Å²) >= 11 is 1.49. The maximum absolute atomic E-state index is 13.1. The molecular weight excluding hydrogens is 363 g/mol. The van der Waals surface area contributed by atoms with Gasteiger partial charge >= 0.3 is 0 Å². The summed E-state index contributed by atoms with van der Waals surface area (Å²) in [7, 11) is 0. The molecule has 0 aliphatic heterocycles. The Kier molecular flexibility index (Phi) is 6.63. The number of nitrogens with zero attached hydrogens (tertiary/aromatic N) is 2. The highest BCUT2D eigenvalue weighted by Gasteiger charge is 2.12. The van der Waals surface area contributed by atoms with Crippen molar-refractivity contribution in [3.63, 3.8) is 0 Å². The van der Waals surface area contributed by atoms with Crippen LogP contribution >= 0.6 is 11.8 Å². The van der Waals surface area contributed by atoms with Crippen molar-refractivity contribution in [2.75, 3.05) is 6.61 Å². The van der Waals surface area contributed by atoms with Crippen LogP contribution in [0.1, 0.15) is 25.8 Å². The van der Waals surface area contributed by atoms with Gasteiger partial charge in [0.2, 0.25) is 0 Å². The van der Waals surface area contributed by atoms with Crippen molar-refractivity contribution in [1.82, 2.24) is 9.55 Å². The zero-order chi connectivity index (χ0) is 19.2. The molecule has 0 aliphatic rings. The summed E-state index contributed by atoms with van der Waals surface area (Å²) in [5.41, 5.74) is 1.64. The van der Waals surface area contributed by atoms with Gasteiger partial charge in [0.25, 0.3) is 5.56 Å². The maximum Gasteiger partial charge on any atom is 0.262 e. The molecule has 6 heteroatoms. The molecule has 0 atom stereocenters. The van der Waals surface area contributed by atoms with Crippen molar-refractivity contribution < 1.29 is 9.13 Å². The second kappa shape index (κ2) is 9.15. The van der Waals surface area contributed by atoms with Crippen molar-refractivity contribution in [3.8, 4) is 0 Å². The number of fused-ring (bicyclic) bond motifs is 1. The number of benzene rings is 2. The zero-order valence-electron chi connectivity index (χ0n) is 15.5. The van der Waals surface area contributed by atoms with Crippen LogP contribution in [0.4, 0.5) is 4.39 Å². The molecule has 0 unspecified atom stereocenters. The minimum atomic E-state index is -0.255. The van der Waals surface area contributed by atoms with Crippen molar-refractivity contribution in [2.24, 2.45) is 0 Å². The molecule has 0 saturated heterocycles. The number of para-hydroxylation sites is 1. The van der Waals surface area contributed by atoms with E-state index in [1.54, 1.807) is 22.8 Å². The van der Waals surface area contributed by atoms with E-state index in [0.717, 1.165) is 12.0 Å². The summed E-state index contributed by atoms with van der Waals surface area (Å²) in [6, 6.07) is 13.8. The van der Waals surface area contributed by atoms with E-state index in [0.29, 0.717) is 35.0 Å². The van der Waals surface area contributed by atoms with Gasteiger partial charge in [-0.1, -0.05) is 36.0 Å². The average molecular weight is 386 g/mol. The van der Waals surface area contributed by atoms with Gasteiger partial charge < -0.3 is 4.74 Å². The summed E-state index contributed by atoms with van der Waals surface area (Å²) < 4.78 is 20.4. The fourth-order valence-electron chi connectivity index (χ4n) is 2.73. The van der Waals surface area contributed by atoms with Crippen LogP contribution in [0.2, 0.25) is 0 Å². The van der Waals surface area contributed by atoms with Crippen LogP contribution < -0.4 is 5.56 Å². The summed E-state index contributed by atoms with van der Waals surface area (Å²) in [6.45, 7) is 5.13. The first-order valence-corrected chi connectivity index (χ1v) is 10.0. The molecule has 0 saturated carbocycles. The molecule has 4 nitrogen and oxygen atoms in total. The maximum atomic E-state index is 13.1. The summed E-state index contributed by atoms with van der Waals surface area (Å²) in [6.07, 6.45) is 0.908. The Hall–Kier alpha value is -2.18. The summed E-state index contributed by atoms with van der Waals surface area (Å²) in [4.78, 5) is 17.6. The predicted octanol–water partition coefficient (Wildman–Crippen LogP) is 4.64. The highest BCUT2D eigenvalue weighted by Crippen LogP contribution is 2.22. The molecule has 27 heavy (non-hydrogen) atoms. The van der Waals surface area contributed by atoms with Gasteiger partial charge in [-0.15, -0.1) is 0 Å². The molecule has 3 rings (SSSR count). The molecule has 0 aliphatic carbocycles. The van der Waals surface area contributed by atoms with Crippen LogP contribution in [0.3, 0.4) is 0 Å². The van der Waals surface area contributed by atoms with E-state index in [1.807, 2.05) is 32.0 Å². The van der Waals surface area contributed by atoms with Crippen molar-refractivity contribution >= 4 is 22.7 Å². The Morgan fingerprint density at radius 2 is 1.89 bits per heavy atom. The lowest BCUT2D eigenvalue weighted by molar-refractivity contribution is 0.0743. The van der Waals surface area contributed by atoms with Crippen molar-refractivity contribution in [1.29, 1.82) is 0 Å². The van der Waals surface area contributed by atoms with E-state index in [2.05, 4.69) is 0 Å². The lowest BCUT2D eigenvalue weighted by Crippen LogP contribution is -2.24. The number of hydrogen-bond acceptors (Lipinski definition) is 4. The Labute approximate surface area is 162 Å². The molecule has 0 N–H and O–H groups in total. The van der Waals surface area contributed by atoms with Crippen molar-refractivity contribution in [3.05, 3.63) is 70.3 Å². The van der Waals surface area contributed by atoms with Gasteiger partial charge in [-0.25, -0.2) is 9.37 Å². The molecule has 142 valence electrons. The lowest BCUT2D eigenvalue weighted by atomic mass is 10.2. The fraction of sp³-hybridized carbons (Fsp3) is 0.333. The smallest absolute Gasteiger partial charge is 0.262 e. The Morgan fingerprint density at radius 1 is 1.15 bits per heavy atom. The number of rotatable bonds is 8. The third-order valence-electron chi connectivity index (χ3n) is 4.09. The number of ether oxygens (including phenoxy) is 1. The van der Waals surface area contributed by atoms with Crippen LogP contribution in [0, 0.1) is 5.82 Å². The van der Waals surface area contributed by atoms with Gasteiger partial charge in [0.15, 0.2) is 5.16 Å². The number of aromatic nitrogens is 2. The normalized spacial score (nSPS) is 11.4. The number of thioether (sulfide) groups is 1. The van der Waals surface area contributed by atoms with Gasteiger partial charge in [-0.05, 0) is 50.1 Å². The second-order valence-corrected chi connectivity index (χ2v) is 7.50. The number of halogens is 1. The first kappa shape index (κ1) is 19.6. The molecule has 3 aromatic rings. The lowest BCUT2D eigenvalue weighted by Gasteiger charge is -2.14. The predicted molar refractivity (Wildman–Crippen MR) is 108 cm³/mol. The van der Waals surface area contributed by atoms with Gasteiger partial charge in [0.05, 0.1) is 17.0 Å². The van der Waals surface area contributed by atoms with E-state index in [9.17, 15) is 9.18 Å². The van der Waals surface area contributed by atoms with Crippen molar-refractivity contribution in [2.45, 2.75) is 43.8 Å². The third-order valence-corrected chi connectivity index (χ3v) is 5.13. The van der Waals surface area contributed by atoms with E-state index in [1.165, 1.54) is 23.9 Å². The Morgan fingerprint density at radius 3 is 2.63 bits per heavy atom. The zero-order valence-corrected chi connectivity index (χ0v) is 16.3. The van der Waals surface area contributed by atoms with Gasteiger partial charge in [0, 0.05) is 18.9 Å². The standard InChI is InChI=1S/C21H23FN2O2S/c1-15(2)26-13-5-12-24-20(25)18-6-3-4-7-19(18)23-21(24)27-14-16-8-10-17(22)11-9-16/h3-4,6-11,15H,5,12-14H2,1-2H3. The molecule has 0 amide bonds. The minimum absolute atomic E-state index is 0.0354. The van der Waals surface area contributed by atoms with Gasteiger partial charge in [0.1, 0.15) is 5.82 Å². The Balaban J connectivity index is 1.85. The second-order valence-electron chi connectivity index (χ2n) is 6.56. The molecule has 2 aromatic carbocycles. The molecule has 0 radical (unpaired) electrons. The average Bonchev–Trinajstić information content (AvgIpc) is 2.66. The van der Waals surface area contributed by atoms with Crippen LogP contribution in [-0.4, -0.2) is 22.3 Å². The third kappa shape index (κ3) is 5.17. The summed E-state index contributed by atoms with van der Waals surface area (Å²) in [5, 5.41) is 1.29. The molecule has 1 aromatic heterocycles. The highest BCUT2D eigenvalue weighted by molar-refractivity contribution is 7.98. The largest absolute Gasteiger partial charge is 0.379 e.